The molecule has 0 saturated heterocycles. The van der Waals surface area contributed by atoms with Gasteiger partial charge in [-0.3, -0.25) is 4.79 Å². The Kier molecular flexibility index (Phi) is 8.15. The lowest BCUT2D eigenvalue weighted by molar-refractivity contribution is -0.121. The van der Waals surface area contributed by atoms with Gasteiger partial charge in [-0.1, -0.05) is 51.9 Å². The summed E-state index contributed by atoms with van der Waals surface area (Å²) in [5, 5.41) is 3.99. The monoisotopic (exact) mass is 332 g/mol. The first-order valence-corrected chi connectivity index (χ1v) is 9.01. The molecule has 0 spiro atoms. The molecule has 1 aromatic rings. The number of hydrogen-bond acceptors (Lipinski definition) is 4. The molecule has 24 heavy (non-hydrogen) atoms. The summed E-state index contributed by atoms with van der Waals surface area (Å²) in [7, 11) is 0. The van der Waals surface area contributed by atoms with Crippen LogP contribution in [0.4, 0.5) is 0 Å². The van der Waals surface area contributed by atoms with Crippen molar-refractivity contribution in [2.75, 3.05) is 6.79 Å². The molecular formula is C19H28N2O3. The highest BCUT2D eigenvalue weighted by atomic mass is 16.7. The standard InChI is InChI=1S/C19H28N2O3/c1-2-3-4-5-6-7-8-9-10-19(22)21-20-14-16-11-12-17-18(13-16)24-15-23-17/h11-14H,2-10,15H2,1H3,(H,21,22). The van der Waals surface area contributed by atoms with E-state index >= 15 is 0 Å². The lowest BCUT2D eigenvalue weighted by Gasteiger charge is -2.02. The zero-order valence-electron chi connectivity index (χ0n) is 14.6. The summed E-state index contributed by atoms with van der Waals surface area (Å²) in [4.78, 5) is 11.7. The Balaban J connectivity index is 1.54. The Morgan fingerprint density at radius 2 is 1.79 bits per heavy atom. The van der Waals surface area contributed by atoms with Crippen molar-refractivity contribution in [1.29, 1.82) is 0 Å². The fraction of sp³-hybridized carbons (Fsp3) is 0.579. The first-order chi connectivity index (χ1) is 11.8. The van der Waals surface area contributed by atoms with Crippen LogP contribution in [0.15, 0.2) is 23.3 Å². The van der Waals surface area contributed by atoms with E-state index in [9.17, 15) is 4.79 Å². The van der Waals surface area contributed by atoms with Gasteiger partial charge in [0.05, 0.1) is 6.21 Å². The third kappa shape index (κ3) is 6.60. The summed E-state index contributed by atoms with van der Waals surface area (Å²) in [6.07, 6.45) is 12.0. The highest BCUT2D eigenvalue weighted by Crippen LogP contribution is 2.31. The molecule has 0 fully saturated rings. The van der Waals surface area contributed by atoms with Gasteiger partial charge in [0.25, 0.3) is 0 Å². The first kappa shape index (κ1) is 18.3. The molecule has 0 aliphatic carbocycles. The van der Waals surface area contributed by atoms with Crippen LogP contribution in [0.5, 0.6) is 11.5 Å². The third-order valence-corrected chi connectivity index (χ3v) is 4.06. The number of nitrogens with zero attached hydrogens (tertiary/aromatic N) is 1. The third-order valence-electron chi connectivity index (χ3n) is 4.06. The van der Waals surface area contributed by atoms with E-state index < -0.39 is 0 Å². The molecule has 0 saturated carbocycles. The topological polar surface area (TPSA) is 59.9 Å². The Morgan fingerprint density at radius 3 is 2.58 bits per heavy atom. The zero-order chi connectivity index (χ0) is 17.0. The van der Waals surface area contributed by atoms with Crippen molar-refractivity contribution >= 4 is 12.1 Å². The number of carbonyl (C=O) groups is 1. The summed E-state index contributed by atoms with van der Waals surface area (Å²) >= 11 is 0. The van der Waals surface area contributed by atoms with Crippen LogP contribution in [0.1, 0.15) is 70.3 Å². The van der Waals surface area contributed by atoms with E-state index in [-0.39, 0.29) is 12.7 Å². The predicted octanol–water partition coefficient (Wildman–Crippen LogP) is 4.40. The van der Waals surface area contributed by atoms with Gasteiger partial charge in [-0.05, 0) is 30.2 Å². The van der Waals surface area contributed by atoms with Crippen LogP contribution in [0.25, 0.3) is 0 Å². The molecule has 1 N–H and O–H groups in total. The molecule has 1 aliphatic rings. The Morgan fingerprint density at radius 1 is 1.08 bits per heavy atom. The summed E-state index contributed by atoms with van der Waals surface area (Å²) < 4.78 is 10.6. The van der Waals surface area contributed by atoms with Crippen molar-refractivity contribution in [2.24, 2.45) is 5.10 Å². The van der Waals surface area contributed by atoms with Gasteiger partial charge in [0.1, 0.15) is 0 Å². The summed E-state index contributed by atoms with van der Waals surface area (Å²) in [6.45, 7) is 2.49. The van der Waals surface area contributed by atoms with Crippen LogP contribution in [0.3, 0.4) is 0 Å². The molecular weight excluding hydrogens is 304 g/mol. The van der Waals surface area contributed by atoms with Crippen molar-refractivity contribution in [3.63, 3.8) is 0 Å². The maximum Gasteiger partial charge on any atom is 0.240 e. The highest BCUT2D eigenvalue weighted by molar-refractivity contribution is 5.83. The number of carbonyl (C=O) groups excluding carboxylic acids is 1. The van der Waals surface area contributed by atoms with Crippen LogP contribution in [-0.4, -0.2) is 18.9 Å². The number of amides is 1. The van der Waals surface area contributed by atoms with Crippen LogP contribution in [0.2, 0.25) is 0 Å². The minimum Gasteiger partial charge on any atom is -0.454 e. The molecule has 0 atom stereocenters. The maximum atomic E-state index is 11.7. The first-order valence-electron chi connectivity index (χ1n) is 9.01. The van der Waals surface area contributed by atoms with Crippen molar-refractivity contribution in [1.82, 2.24) is 5.43 Å². The number of benzene rings is 1. The fourth-order valence-electron chi connectivity index (χ4n) is 2.65. The molecule has 1 amide bonds. The van der Waals surface area contributed by atoms with Gasteiger partial charge >= 0.3 is 0 Å². The van der Waals surface area contributed by atoms with Gasteiger partial charge in [-0.15, -0.1) is 0 Å². The smallest absolute Gasteiger partial charge is 0.240 e. The van der Waals surface area contributed by atoms with Crippen LogP contribution in [0, 0.1) is 0 Å². The SMILES string of the molecule is CCCCCCCCCCC(=O)NN=Cc1ccc2c(c1)OCO2. The molecule has 1 aliphatic heterocycles. The molecule has 1 aromatic carbocycles. The number of ether oxygens (including phenoxy) is 2. The Bertz CT molecular complexity index is 543. The van der Waals surface area contributed by atoms with Gasteiger partial charge in [-0.2, -0.15) is 5.10 Å². The van der Waals surface area contributed by atoms with E-state index in [0.717, 1.165) is 24.2 Å². The van der Waals surface area contributed by atoms with Gasteiger partial charge in [-0.25, -0.2) is 5.43 Å². The van der Waals surface area contributed by atoms with Gasteiger partial charge in [0.15, 0.2) is 11.5 Å². The van der Waals surface area contributed by atoms with Crippen molar-refractivity contribution in [2.45, 2.75) is 64.7 Å². The highest BCUT2D eigenvalue weighted by Gasteiger charge is 2.12. The molecule has 1 heterocycles. The largest absolute Gasteiger partial charge is 0.454 e. The molecule has 0 aromatic heterocycles. The quantitative estimate of drug-likeness (QED) is 0.371. The number of hydrogen-bond donors (Lipinski definition) is 1. The second-order valence-electron chi connectivity index (χ2n) is 6.13. The number of rotatable bonds is 11. The predicted molar refractivity (Wildman–Crippen MR) is 95.5 cm³/mol. The number of fused-ring (bicyclic) bond motifs is 1. The van der Waals surface area contributed by atoms with Crippen LogP contribution in [-0.2, 0) is 4.79 Å². The number of unbranched alkanes of at least 4 members (excludes halogenated alkanes) is 7. The van der Waals surface area contributed by atoms with Gasteiger partial charge < -0.3 is 9.47 Å². The number of hydrazone groups is 1. The van der Waals surface area contributed by atoms with Crippen molar-refractivity contribution < 1.29 is 14.3 Å². The summed E-state index contributed by atoms with van der Waals surface area (Å²) in [5.41, 5.74) is 3.44. The average Bonchev–Trinajstić information content (AvgIpc) is 3.05. The lowest BCUT2D eigenvalue weighted by atomic mass is 10.1. The van der Waals surface area contributed by atoms with E-state index in [1.807, 2.05) is 18.2 Å². The minimum atomic E-state index is -0.0297. The van der Waals surface area contributed by atoms with E-state index in [0.29, 0.717) is 12.2 Å². The van der Waals surface area contributed by atoms with Crippen molar-refractivity contribution in [3.8, 4) is 11.5 Å². The van der Waals surface area contributed by atoms with E-state index in [1.165, 1.54) is 38.5 Å². The second kappa shape index (κ2) is 10.7. The number of nitrogens with one attached hydrogen (secondary N) is 1. The maximum absolute atomic E-state index is 11.7. The van der Waals surface area contributed by atoms with Crippen LogP contribution < -0.4 is 14.9 Å². The van der Waals surface area contributed by atoms with Crippen LogP contribution >= 0.6 is 0 Å². The average molecular weight is 332 g/mol. The van der Waals surface area contributed by atoms with E-state index in [2.05, 4.69) is 17.5 Å². The van der Waals surface area contributed by atoms with E-state index in [4.69, 9.17) is 9.47 Å². The molecule has 5 nitrogen and oxygen atoms in total. The minimum absolute atomic E-state index is 0.0297. The van der Waals surface area contributed by atoms with Crippen molar-refractivity contribution in [3.05, 3.63) is 23.8 Å². The van der Waals surface area contributed by atoms with Gasteiger partial charge in [0, 0.05) is 6.42 Å². The molecule has 132 valence electrons. The fourth-order valence-corrected chi connectivity index (χ4v) is 2.65. The molecule has 0 unspecified atom stereocenters. The lowest BCUT2D eigenvalue weighted by Crippen LogP contribution is -2.16. The zero-order valence-corrected chi connectivity index (χ0v) is 14.6. The second-order valence-corrected chi connectivity index (χ2v) is 6.13. The van der Waals surface area contributed by atoms with Gasteiger partial charge in [0.2, 0.25) is 12.7 Å². The molecule has 0 bridgehead atoms. The molecule has 0 radical (unpaired) electrons. The molecule has 5 heteroatoms. The summed E-state index contributed by atoms with van der Waals surface area (Å²) in [5.74, 6) is 1.42. The molecule has 2 rings (SSSR count). The Hall–Kier alpha value is -2.04. The Labute approximate surface area is 144 Å². The van der Waals surface area contributed by atoms with E-state index in [1.54, 1.807) is 6.21 Å². The summed E-state index contributed by atoms with van der Waals surface area (Å²) in [6, 6.07) is 5.56. The normalized spacial score (nSPS) is 12.7.